The van der Waals surface area contributed by atoms with Crippen LogP contribution < -0.4 is 5.32 Å². The van der Waals surface area contributed by atoms with E-state index in [1.54, 1.807) is 6.20 Å². The van der Waals surface area contributed by atoms with Crippen LogP contribution in [0.15, 0.2) is 61.2 Å². The SMILES string of the molecule is c1cnn(-c2ccc(Cn3ccnc3-c3cc4n(n3)CCNC4)cc2)c1. The van der Waals surface area contributed by atoms with Crippen molar-refractivity contribution in [1.29, 1.82) is 0 Å². The molecule has 1 aliphatic heterocycles. The predicted octanol–water partition coefficient (Wildman–Crippen LogP) is 2.08. The maximum Gasteiger partial charge on any atom is 0.160 e. The maximum absolute atomic E-state index is 4.73. The smallest absolute Gasteiger partial charge is 0.160 e. The second-order valence-corrected chi connectivity index (χ2v) is 6.42. The maximum atomic E-state index is 4.73. The normalized spacial score (nSPS) is 13.7. The number of benzene rings is 1. The summed E-state index contributed by atoms with van der Waals surface area (Å²) in [4.78, 5) is 4.54. The van der Waals surface area contributed by atoms with E-state index in [-0.39, 0.29) is 0 Å². The first-order valence-corrected chi connectivity index (χ1v) is 8.75. The van der Waals surface area contributed by atoms with Crippen molar-refractivity contribution in [2.24, 2.45) is 0 Å². The molecule has 4 heterocycles. The van der Waals surface area contributed by atoms with Crippen molar-refractivity contribution < 1.29 is 0 Å². The summed E-state index contributed by atoms with van der Waals surface area (Å²) in [5.74, 6) is 0.906. The standard InChI is InChI=1S/C19H19N7/c1-6-22-25(9-1)16-4-2-15(3-5-16)14-24-10-8-21-19(24)18-12-17-13-20-7-11-26(17)23-18/h1-6,8-10,12,20H,7,11,13-14H2. The molecule has 1 N–H and O–H groups in total. The van der Waals surface area contributed by atoms with E-state index in [0.29, 0.717) is 0 Å². The van der Waals surface area contributed by atoms with Gasteiger partial charge in [0.25, 0.3) is 0 Å². The molecule has 0 saturated carbocycles. The molecule has 0 saturated heterocycles. The van der Waals surface area contributed by atoms with Crippen LogP contribution in [0.1, 0.15) is 11.3 Å². The van der Waals surface area contributed by atoms with Crippen LogP contribution in [0.3, 0.4) is 0 Å². The number of imidazole rings is 1. The molecule has 5 rings (SSSR count). The monoisotopic (exact) mass is 345 g/mol. The first-order chi connectivity index (χ1) is 12.9. The molecule has 130 valence electrons. The molecule has 0 amide bonds. The predicted molar refractivity (Wildman–Crippen MR) is 97.8 cm³/mol. The van der Waals surface area contributed by atoms with Gasteiger partial charge in [-0.2, -0.15) is 10.2 Å². The minimum absolute atomic E-state index is 0.759. The van der Waals surface area contributed by atoms with Gasteiger partial charge in [-0.15, -0.1) is 0 Å². The average molecular weight is 345 g/mol. The first kappa shape index (κ1) is 15.1. The van der Waals surface area contributed by atoms with E-state index in [4.69, 9.17) is 5.10 Å². The zero-order chi connectivity index (χ0) is 17.3. The van der Waals surface area contributed by atoms with Crippen molar-refractivity contribution in [3.8, 4) is 17.2 Å². The molecule has 0 radical (unpaired) electrons. The van der Waals surface area contributed by atoms with Gasteiger partial charge in [0, 0.05) is 44.4 Å². The van der Waals surface area contributed by atoms with Crippen molar-refractivity contribution >= 4 is 0 Å². The molecule has 7 heteroatoms. The van der Waals surface area contributed by atoms with E-state index in [2.05, 4.69) is 55.0 Å². The van der Waals surface area contributed by atoms with E-state index in [1.807, 2.05) is 29.3 Å². The molecule has 1 aromatic carbocycles. The number of aromatic nitrogens is 6. The molecule has 0 atom stereocenters. The van der Waals surface area contributed by atoms with Crippen LogP contribution in [0.25, 0.3) is 17.2 Å². The van der Waals surface area contributed by atoms with Crippen molar-refractivity contribution in [3.05, 3.63) is 72.4 Å². The van der Waals surface area contributed by atoms with Gasteiger partial charge in [-0.25, -0.2) is 9.67 Å². The van der Waals surface area contributed by atoms with Gasteiger partial charge in [-0.1, -0.05) is 12.1 Å². The molecule has 0 spiro atoms. The second kappa shape index (κ2) is 6.27. The summed E-state index contributed by atoms with van der Waals surface area (Å²) in [5.41, 5.74) is 4.41. The lowest BCUT2D eigenvalue weighted by Crippen LogP contribution is -2.28. The second-order valence-electron chi connectivity index (χ2n) is 6.42. The van der Waals surface area contributed by atoms with Crippen LogP contribution >= 0.6 is 0 Å². The average Bonchev–Trinajstić information content (AvgIpc) is 3.42. The first-order valence-electron chi connectivity index (χ1n) is 8.75. The van der Waals surface area contributed by atoms with E-state index in [1.165, 1.54) is 11.3 Å². The largest absolute Gasteiger partial charge is 0.325 e. The minimum Gasteiger partial charge on any atom is -0.325 e. The zero-order valence-corrected chi connectivity index (χ0v) is 14.3. The summed E-state index contributed by atoms with van der Waals surface area (Å²) in [5, 5.41) is 12.4. The van der Waals surface area contributed by atoms with E-state index >= 15 is 0 Å². The number of rotatable bonds is 4. The van der Waals surface area contributed by atoms with Gasteiger partial charge < -0.3 is 9.88 Å². The van der Waals surface area contributed by atoms with Gasteiger partial charge >= 0.3 is 0 Å². The topological polar surface area (TPSA) is 65.5 Å². The molecule has 4 aromatic rings. The molecule has 3 aromatic heterocycles. The summed E-state index contributed by atoms with van der Waals surface area (Å²) in [6, 6.07) is 12.5. The Labute approximate surface area is 150 Å². The summed E-state index contributed by atoms with van der Waals surface area (Å²) in [6.07, 6.45) is 7.57. The highest BCUT2D eigenvalue weighted by Crippen LogP contribution is 2.20. The third-order valence-electron chi connectivity index (χ3n) is 4.67. The van der Waals surface area contributed by atoms with Gasteiger partial charge in [-0.3, -0.25) is 4.68 Å². The Morgan fingerprint density at radius 3 is 2.81 bits per heavy atom. The summed E-state index contributed by atoms with van der Waals surface area (Å²) < 4.78 is 6.07. The lowest BCUT2D eigenvalue weighted by Gasteiger charge is -2.13. The van der Waals surface area contributed by atoms with Crippen molar-refractivity contribution in [2.75, 3.05) is 6.54 Å². The van der Waals surface area contributed by atoms with Gasteiger partial charge in [0.2, 0.25) is 0 Å². The van der Waals surface area contributed by atoms with Crippen LogP contribution in [0.5, 0.6) is 0 Å². The van der Waals surface area contributed by atoms with Crippen LogP contribution in [0.4, 0.5) is 0 Å². The lowest BCUT2D eigenvalue weighted by atomic mass is 10.2. The Hall–Kier alpha value is -3.19. The third kappa shape index (κ3) is 2.72. The number of fused-ring (bicyclic) bond motifs is 1. The fraction of sp³-hybridized carbons (Fsp3) is 0.211. The van der Waals surface area contributed by atoms with E-state index in [9.17, 15) is 0 Å². The summed E-state index contributed by atoms with van der Waals surface area (Å²) >= 11 is 0. The Morgan fingerprint density at radius 1 is 1.08 bits per heavy atom. The summed E-state index contributed by atoms with van der Waals surface area (Å²) in [6.45, 7) is 3.49. The van der Waals surface area contributed by atoms with Gasteiger partial charge in [-0.05, 0) is 29.8 Å². The van der Waals surface area contributed by atoms with Crippen LogP contribution in [-0.2, 0) is 19.6 Å². The highest BCUT2D eigenvalue weighted by Gasteiger charge is 2.16. The Morgan fingerprint density at radius 2 is 2.00 bits per heavy atom. The van der Waals surface area contributed by atoms with Crippen molar-refractivity contribution in [3.63, 3.8) is 0 Å². The molecule has 26 heavy (non-hydrogen) atoms. The molecular weight excluding hydrogens is 326 g/mol. The minimum atomic E-state index is 0.759. The van der Waals surface area contributed by atoms with Gasteiger partial charge in [0.1, 0.15) is 5.69 Å². The molecule has 1 aliphatic rings. The Bertz CT molecular complexity index is 985. The number of hydrogen-bond acceptors (Lipinski definition) is 4. The van der Waals surface area contributed by atoms with Gasteiger partial charge in [0.05, 0.1) is 17.9 Å². The molecule has 7 nitrogen and oxygen atoms in total. The van der Waals surface area contributed by atoms with Crippen LogP contribution in [0, 0.1) is 0 Å². The molecule has 0 aliphatic carbocycles. The fourth-order valence-corrected chi connectivity index (χ4v) is 3.34. The van der Waals surface area contributed by atoms with E-state index < -0.39 is 0 Å². The Kier molecular flexibility index (Phi) is 3.64. The fourth-order valence-electron chi connectivity index (χ4n) is 3.34. The number of nitrogens with one attached hydrogen (secondary N) is 1. The Balaban J connectivity index is 1.40. The highest BCUT2D eigenvalue weighted by molar-refractivity contribution is 5.51. The third-order valence-corrected chi connectivity index (χ3v) is 4.67. The van der Waals surface area contributed by atoms with Crippen molar-refractivity contribution in [1.82, 2.24) is 34.4 Å². The zero-order valence-electron chi connectivity index (χ0n) is 14.3. The molecule has 0 bridgehead atoms. The van der Waals surface area contributed by atoms with Gasteiger partial charge in [0.15, 0.2) is 5.82 Å². The molecule has 0 fully saturated rings. The summed E-state index contributed by atoms with van der Waals surface area (Å²) in [7, 11) is 0. The number of hydrogen-bond donors (Lipinski definition) is 1. The van der Waals surface area contributed by atoms with E-state index in [0.717, 1.165) is 43.4 Å². The quantitative estimate of drug-likeness (QED) is 0.615. The van der Waals surface area contributed by atoms with Crippen LogP contribution in [0.2, 0.25) is 0 Å². The molecule has 0 unspecified atom stereocenters. The molecular formula is C19H19N7. The van der Waals surface area contributed by atoms with Crippen molar-refractivity contribution in [2.45, 2.75) is 19.6 Å². The number of nitrogens with zero attached hydrogens (tertiary/aromatic N) is 6. The highest BCUT2D eigenvalue weighted by atomic mass is 15.3. The lowest BCUT2D eigenvalue weighted by molar-refractivity contribution is 0.476. The van der Waals surface area contributed by atoms with Crippen LogP contribution in [-0.4, -0.2) is 35.7 Å².